The number of pyridine rings is 1. The number of alkyl halides is 3. The van der Waals surface area contributed by atoms with Crippen molar-refractivity contribution in [3.05, 3.63) is 99.0 Å². The van der Waals surface area contributed by atoms with E-state index in [1.54, 1.807) is 10.6 Å². The summed E-state index contributed by atoms with van der Waals surface area (Å²) in [4.78, 5) is 20.7. The molecule has 13 heteroatoms. The smallest absolute Gasteiger partial charge is 0.417 e. The molecule has 1 aliphatic rings. The number of ether oxygens (including phenoxy) is 2. The molecule has 0 bridgehead atoms. The second kappa shape index (κ2) is 11.4. The third-order valence-corrected chi connectivity index (χ3v) is 7.99. The zero-order chi connectivity index (χ0) is 30.3. The summed E-state index contributed by atoms with van der Waals surface area (Å²) in [5.74, 6) is -2.07. The Morgan fingerprint density at radius 3 is 2.60 bits per heavy atom. The second-order valence-corrected chi connectivity index (χ2v) is 11.0. The van der Waals surface area contributed by atoms with Crippen molar-refractivity contribution >= 4 is 28.3 Å². The van der Waals surface area contributed by atoms with E-state index in [1.807, 2.05) is 0 Å². The number of thiophene rings is 1. The van der Waals surface area contributed by atoms with Gasteiger partial charge in [-0.15, -0.1) is 11.3 Å². The van der Waals surface area contributed by atoms with Crippen LogP contribution in [0.2, 0.25) is 0 Å². The van der Waals surface area contributed by atoms with Crippen LogP contribution in [-0.2, 0) is 30.5 Å². The lowest BCUT2D eigenvalue weighted by Crippen LogP contribution is -2.31. The number of hydrogen-bond donors (Lipinski definition) is 1. The Balaban J connectivity index is 1.25. The standard InChI is InChI=1S/C30H22F5N3O4S/c31-22-12-21(24-2-1-3-28(37-24)42-14-20-11-18(15-43-20)30(33,34)35)23(32)8-17(22)10-27-36-25-5-4-16(29(39)40)9-26(25)38(27)13-19-6-7-41-19/h1-5,8-9,11-12,15,19H,6-7,10,13-14H2,(H,39,40). The molecule has 1 fully saturated rings. The van der Waals surface area contributed by atoms with E-state index in [0.29, 0.717) is 34.9 Å². The van der Waals surface area contributed by atoms with Crippen molar-refractivity contribution in [2.75, 3.05) is 6.61 Å². The first-order valence-corrected chi connectivity index (χ1v) is 14.0. The lowest BCUT2D eigenvalue weighted by Gasteiger charge is -2.27. The molecular formula is C30H22F5N3O4S. The van der Waals surface area contributed by atoms with Gasteiger partial charge in [0, 0.05) is 34.9 Å². The van der Waals surface area contributed by atoms with Crippen molar-refractivity contribution in [1.29, 1.82) is 0 Å². The first-order valence-electron chi connectivity index (χ1n) is 13.1. The topological polar surface area (TPSA) is 86.5 Å². The molecule has 6 rings (SSSR count). The van der Waals surface area contributed by atoms with E-state index in [2.05, 4.69) is 9.97 Å². The summed E-state index contributed by atoms with van der Waals surface area (Å²) in [5, 5.41) is 10.4. The van der Waals surface area contributed by atoms with Gasteiger partial charge in [-0.05, 0) is 54.4 Å². The van der Waals surface area contributed by atoms with Crippen molar-refractivity contribution in [1.82, 2.24) is 14.5 Å². The van der Waals surface area contributed by atoms with Crippen molar-refractivity contribution in [3.8, 4) is 17.1 Å². The predicted molar refractivity (Wildman–Crippen MR) is 147 cm³/mol. The van der Waals surface area contributed by atoms with Gasteiger partial charge in [-0.2, -0.15) is 13.2 Å². The molecule has 0 amide bonds. The number of aromatic carboxylic acids is 1. The zero-order valence-electron chi connectivity index (χ0n) is 22.2. The average molecular weight is 616 g/mol. The Bertz CT molecular complexity index is 1830. The van der Waals surface area contributed by atoms with Crippen LogP contribution in [0.1, 0.15) is 38.6 Å². The summed E-state index contributed by atoms with van der Waals surface area (Å²) in [6.07, 6.45) is -3.81. The number of carbonyl (C=O) groups is 1. The third-order valence-electron chi connectivity index (χ3n) is 7.08. The van der Waals surface area contributed by atoms with Gasteiger partial charge in [-0.25, -0.2) is 23.5 Å². The largest absolute Gasteiger partial charge is 0.478 e. The number of hydrogen-bond acceptors (Lipinski definition) is 6. The minimum absolute atomic E-state index is 0.0380. The molecule has 5 aromatic rings. The van der Waals surface area contributed by atoms with E-state index in [9.17, 15) is 23.1 Å². The summed E-state index contributed by atoms with van der Waals surface area (Å²) in [6, 6.07) is 12.1. The number of imidazole rings is 1. The number of nitrogens with zero attached hydrogens (tertiary/aromatic N) is 3. The maximum Gasteiger partial charge on any atom is 0.417 e. The van der Waals surface area contributed by atoms with Gasteiger partial charge in [-0.3, -0.25) is 0 Å². The fourth-order valence-electron chi connectivity index (χ4n) is 4.76. The van der Waals surface area contributed by atoms with Crippen molar-refractivity contribution in [3.63, 3.8) is 0 Å². The summed E-state index contributed by atoms with van der Waals surface area (Å²) >= 11 is 0.892. The van der Waals surface area contributed by atoms with Gasteiger partial charge in [0.25, 0.3) is 0 Å². The molecule has 1 aliphatic heterocycles. The highest BCUT2D eigenvalue weighted by Gasteiger charge is 2.31. The Morgan fingerprint density at radius 2 is 1.91 bits per heavy atom. The molecule has 1 unspecified atom stereocenters. The Kier molecular flexibility index (Phi) is 7.61. The van der Waals surface area contributed by atoms with Gasteiger partial charge in [0.05, 0.1) is 40.5 Å². The van der Waals surface area contributed by atoms with E-state index < -0.39 is 29.3 Å². The van der Waals surface area contributed by atoms with Crippen molar-refractivity contribution < 1.29 is 41.3 Å². The monoisotopic (exact) mass is 615 g/mol. The zero-order valence-corrected chi connectivity index (χ0v) is 23.0. The van der Waals surface area contributed by atoms with Gasteiger partial charge < -0.3 is 19.1 Å². The Hall–Kier alpha value is -4.36. The van der Waals surface area contributed by atoms with E-state index in [1.165, 1.54) is 30.3 Å². The number of aromatic nitrogens is 3. The minimum Gasteiger partial charge on any atom is -0.478 e. The molecule has 3 aromatic heterocycles. The van der Waals surface area contributed by atoms with Crippen LogP contribution in [0, 0.1) is 11.6 Å². The van der Waals surface area contributed by atoms with Crippen LogP contribution >= 0.6 is 11.3 Å². The Labute approximate surface area is 245 Å². The van der Waals surface area contributed by atoms with Gasteiger partial charge in [0.1, 0.15) is 24.1 Å². The first-order chi connectivity index (χ1) is 20.5. The highest BCUT2D eigenvalue weighted by Crippen LogP contribution is 2.33. The average Bonchev–Trinajstić information content (AvgIpc) is 3.56. The molecule has 222 valence electrons. The Morgan fingerprint density at radius 1 is 1.09 bits per heavy atom. The van der Waals surface area contributed by atoms with Gasteiger partial charge in [-0.1, -0.05) is 6.07 Å². The molecule has 1 saturated heterocycles. The maximum atomic E-state index is 15.4. The molecule has 0 saturated carbocycles. The van der Waals surface area contributed by atoms with Gasteiger partial charge in [0.15, 0.2) is 0 Å². The van der Waals surface area contributed by atoms with Crippen LogP contribution in [0.5, 0.6) is 5.88 Å². The molecule has 43 heavy (non-hydrogen) atoms. The third kappa shape index (κ3) is 6.09. The summed E-state index contributed by atoms with van der Waals surface area (Å²) < 4.78 is 82.2. The van der Waals surface area contributed by atoms with Crippen molar-refractivity contribution in [2.45, 2.75) is 38.3 Å². The summed E-state index contributed by atoms with van der Waals surface area (Å²) in [7, 11) is 0. The molecule has 0 spiro atoms. The number of fused-ring (bicyclic) bond motifs is 1. The molecule has 1 N–H and O–H groups in total. The minimum atomic E-state index is -4.46. The lowest BCUT2D eigenvalue weighted by molar-refractivity contribution is -0.137. The van der Waals surface area contributed by atoms with Crippen LogP contribution in [0.25, 0.3) is 22.3 Å². The molecular weight excluding hydrogens is 593 g/mol. The number of carboxylic acid groups (broad SMARTS) is 1. The molecule has 2 aromatic carbocycles. The predicted octanol–water partition coefficient (Wildman–Crippen LogP) is 7.11. The van der Waals surface area contributed by atoms with E-state index in [4.69, 9.17) is 9.47 Å². The van der Waals surface area contributed by atoms with E-state index in [0.717, 1.165) is 41.3 Å². The normalized spacial score (nSPS) is 15.0. The molecule has 4 heterocycles. The van der Waals surface area contributed by atoms with Crippen LogP contribution in [0.3, 0.4) is 0 Å². The van der Waals surface area contributed by atoms with Crippen LogP contribution in [0.4, 0.5) is 22.0 Å². The van der Waals surface area contributed by atoms with E-state index in [-0.39, 0.29) is 47.4 Å². The molecule has 0 radical (unpaired) electrons. The highest BCUT2D eigenvalue weighted by molar-refractivity contribution is 7.10. The first kappa shape index (κ1) is 28.7. The molecule has 0 aliphatic carbocycles. The number of benzene rings is 2. The fraction of sp³-hybridized carbons (Fsp3) is 0.233. The number of rotatable bonds is 9. The van der Waals surface area contributed by atoms with Crippen molar-refractivity contribution in [2.24, 2.45) is 0 Å². The lowest BCUT2D eigenvalue weighted by atomic mass is 10.0. The number of carboxylic acids is 1. The van der Waals surface area contributed by atoms with Crippen LogP contribution in [0.15, 0.2) is 60.0 Å². The molecule has 7 nitrogen and oxygen atoms in total. The van der Waals surface area contributed by atoms with Gasteiger partial charge in [0.2, 0.25) is 5.88 Å². The quantitative estimate of drug-likeness (QED) is 0.178. The fourth-order valence-corrected chi connectivity index (χ4v) is 5.56. The highest BCUT2D eigenvalue weighted by atomic mass is 32.1. The maximum absolute atomic E-state index is 15.4. The summed E-state index contributed by atoms with van der Waals surface area (Å²) in [5.41, 5.74) is 0.388. The van der Waals surface area contributed by atoms with Crippen LogP contribution in [-0.4, -0.2) is 38.3 Å². The molecule has 1 atom stereocenters. The van der Waals surface area contributed by atoms with E-state index >= 15 is 8.78 Å². The second-order valence-electron chi connectivity index (χ2n) is 9.98. The SMILES string of the molecule is O=C(O)c1ccc2nc(Cc3cc(F)c(-c4cccc(OCc5cc(C(F)(F)F)cs5)n4)cc3F)n(CC3CCO3)c2c1. The van der Waals surface area contributed by atoms with Crippen LogP contribution < -0.4 is 4.74 Å². The number of halogens is 5. The van der Waals surface area contributed by atoms with Gasteiger partial charge >= 0.3 is 12.1 Å². The summed E-state index contributed by atoms with van der Waals surface area (Å²) in [6.45, 7) is 0.826.